The van der Waals surface area contributed by atoms with E-state index >= 15 is 0 Å². The Morgan fingerprint density at radius 1 is 1.31 bits per heavy atom. The van der Waals surface area contributed by atoms with Gasteiger partial charge in [-0.1, -0.05) is 29.0 Å². The Labute approximate surface area is 85.9 Å². The summed E-state index contributed by atoms with van der Waals surface area (Å²) in [6.45, 7) is 2.04. The van der Waals surface area contributed by atoms with E-state index in [1.54, 1.807) is 18.4 Å². The molecule has 2 rings (SSSR count). The summed E-state index contributed by atoms with van der Waals surface area (Å²) < 4.78 is 6.25. The van der Waals surface area contributed by atoms with Gasteiger partial charge in [-0.15, -0.1) is 0 Å². The van der Waals surface area contributed by atoms with Crippen molar-refractivity contribution < 1.29 is 4.74 Å². The fraction of sp³-hybridized carbons (Fsp3) is 0.200. The Balaban J connectivity index is 2.75. The minimum Gasteiger partial charge on any atom is -0.487 e. The molecule has 0 saturated carbocycles. The minimum atomic E-state index is 0.809. The molecular weight excluding hydrogens is 204 g/mol. The molecule has 0 bridgehead atoms. The van der Waals surface area contributed by atoms with Gasteiger partial charge in [-0.05, 0) is 30.0 Å². The molecule has 68 valence electrons. The first-order chi connectivity index (χ1) is 6.20. The number of rotatable bonds is 1. The highest BCUT2D eigenvalue weighted by molar-refractivity contribution is 7.21. The van der Waals surface area contributed by atoms with Gasteiger partial charge in [0.15, 0.2) is 5.06 Å². The molecule has 3 heteroatoms. The van der Waals surface area contributed by atoms with Crippen molar-refractivity contribution >= 4 is 33.0 Å². The molecule has 1 heterocycles. The van der Waals surface area contributed by atoms with E-state index in [9.17, 15) is 0 Å². The fourth-order valence-electron chi connectivity index (χ4n) is 1.33. The van der Waals surface area contributed by atoms with Gasteiger partial charge in [0.1, 0.15) is 0 Å². The Hall–Kier alpha value is -0.730. The Morgan fingerprint density at radius 2 is 2.08 bits per heavy atom. The van der Waals surface area contributed by atoms with Gasteiger partial charge in [-0.2, -0.15) is 0 Å². The second-order valence-electron chi connectivity index (χ2n) is 2.93. The lowest BCUT2D eigenvalue weighted by Gasteiger charge is -1.94. The first kappa shape index (κ1) is 8.85. The lowest BCUT2D eigenvalue weighted by Crippen LogP contribution is -1.73. The van der Waals surface area contributed by atoms with Gasteiger partial charge in [-0.3, -0.25) is 0 Å². The maximum absolute atomic E-state index is 6.09. The van der Waals surface area contributed by atoms with E-state index in [0.717, 1.165) is 20.2 Å². The molecule has 0 N–H and O–H groups in total. The first-order valence-electron chi connectivity index (χ1n) is 3.94. The summed E-state index contributed by atoms with van der Waals surface area (Å²) >= 11 is 7.67. The predicted molar refractivity (Wildman–Crippen MR) is 58.1 cm³/mol. The van der Waals surface area contributed by atoms with E-state index in [0.29, 0.717) is 0 Å². The zero-order valence-corrected chi connectivity index (χ0v) is 9.00. The van der Waals surface area contributed by atoms with Gasteiger partial charge < -0.3 is 4.74 Å². The number of hydrogen-bond acceptors (Lipinski definition) is 2. The molecule has 0 amide bonds. The van der Waals surface area contributed by atoms with Crippen LogP contribution in [0.15, 0.2) is 18.2 Å². The number of ether oxygens (including phenoxy) is 1. The van der Waals surface area contributed by atoms with Crippen molar-refractivity contribution in [2.75, 3.05) is 7.11 Å². The summed E-state index contributed by atoms with van der Waals surface area (Å²) in [4.78, 5) is 0. The van der Waals surface area contributed by atoms with Crippen molar-refractivity contribution in [2.24, 2.45) is 0 Å². The first-order valence-corrected chi connectivity index (χ1v) is 5.14. The molecule has 0 atom stereocenters. The number of aryl methyl sites for hydroxylation is 1. The summed E-state index contributed by atoms with van der Waals surface area (Å²) in [7, 11) is 1.67. The number of benzene rings is 1. The summed E-state index contributed by atoms with van der Waals surface area (Å²) in [5.74, 6) is 0. The Kier molecular flexibility index (Phi) is 2.18. The second kappa shape index (κ2) is 3.20. The predicted octanol–water partition coefficient (Wildman–Crippen LogP) is 3.87. The summed E-state index contributed by atoms with van der Waals surface area (Å²) in [5, 5.41) is 2.87. The molecule has 1 nitrogen and oxygen atoms in total. The third kappa shape index (κ3) is 1.52. The zero-order valence-electron chi connectivity index (χ0n) is 7.43. The maximum Gasteiger partial charge on any atom is 0.174 e. The molecular formula is C10H9ClOS. The van der Waals surface area contributed by atoms with Crippen molar-refractivity contribution in [3.63, 3.8) is 0 Å². The number of methoxy groups -OCH3 is 1. The molecule has 0 aliphatic heterocycles. The SMILES string of the molecule is COc1cc2cc(C)cc(Cl)c2s1. The van der Waals surface area contributed by atoms with Crippen LogP contribution in [0.4, 0.5) is 0 Å². The van der Waals surface area contributed by atoms with Crippen LogP contribution in [0.25, 0.3) is 10.1 Å². The maximum atomic E-state index is 6.09. The molecule has 0 unspecified atom stereocenters. The summed E-state index contributed by atoms with van der Waals surface area (Å²) in [6.07, 6.45) is 0. The summed E-state index contributed by atoms with van der Waals surface area (Å²) in [6, 6.07) is 6.10. The van der Waals surface area contributed by atoms with Crippen molar-refractivity contribution in [3.8, 4) is 5.06 Å². The van der Waals surface area contributed by atoms with Crippen molar-refractivity contribution in [1.82, 2.24) is 0 Å². The van der Waals surface area contributed by atoms with Gasteiger partial charge >= 0.3 is 0 Å². The van der Waals surface area contributed by atoms with Gasteiger partial charge in [0, 0.05) is 0 Å². The molecule has 13 heavy (non-hydrogen) atoms. The highest BCUT2D eigenvalue weighted by Gasteiger charge is 2.05. The third-order valence-electron chi connectivity index (χ3n) is 1.89. The lowest BCUT2D eigenvalue weighted by atomic mass is 10.2. The fourth-order valence-corrected chi connectivity index (χ4v) is 2.59. The van der Waals surface area contributed by atoms with Crippen LogP contribution >= 0.6 is 22.9 Å². The van der Waals surface area contributed by atoms with Crippen LogP contribution in [-0.4, -0.2) is 7.11 Å². The highest BCUT2D eigenvalue weighted by Crippen LogP contribution is 2.36. The molecule has 1 aromatic carbocycles. The van der Waals surface area contributed by atoms with Gasteiger partial charge in [-0.25, -0.2) is 0 Å². The molecule has 0 aliphatic rings. The average molecular weight is 213 g/mol. The van der Waals surface area contributed by atoms with Crippen molar-refractivity contribution in [2.45, 2.75) is 6.92 Å². The minimum absolute atomic E-state index is 0.809. The van der Waals surface area contributed by atoms with Gasteiger partial charge in [0.05, 0.1) is 16.8 Å². The van der Waals surface area contributed by atoms with Crippen LogP contribution in [0.2, 0.25) is 5.02 Å². The Bertz CT molecular complexity index is 447. The van der Waals surface area contributed by atoms with Crippen molar-refractivity contribution in [3.05, 3.63) is 28.8 Å². The number of halogens is 1. The lowest BCUT2D eigenvalue weighted by molar-refractivity contribution is 0.427. The standard InChI is InChI=1S/C10H9ClOS/c1-6-3-7-5-9(12-2)13-10(7)8(11)4-6/h3-5H,1-2H3. The van der Waals surface area contributed by atoms with E-state index in [4.69, 9.17) is 16.3 Å². The molecule has 2 aromatic rings. The molecule has 0 radical (unpaired) electrons. The molecule has 0 spiro atoms. The average Bonchev–Trinajstić information content (AvgIpc) is 2.47. The molecule has 0 fully saturated rings. The Morgan fingerprint density at radius 3 is 2.77 bits per heavy atom. The highest BCUT2D eigenvalue weighted by atomic mass is 35.5. The summed E-state index contributed by atoms with van der Waals surface area (Å²) in [5.41, 5.74) is 1.18. The smallest absolute Gasteiger partial charge is 0.174 e. The second-order valence-corrected chi connectivity index (χ2v) is 4.36. The van der Waals surface area contributed by atoms with Crippen LogP contribution in [0.5, 0.6) is 5.06 Å². The third-order valence-corrected chi connectivity index (χ3v) is 3.45. The zero-order chi connectivity index (χ0) is 9.42. The number of fused-ring (bicyclic) bond motifs is 1. The molecule has 1 aromatic heterocycles. The van der Waals surface area contributed by atoms with E-state index < -0.39 is 0 Å². The van der Waals surface area contributed by atoms with Crippen LogP contribution in [0, 0.1) is 6.92 Å². The van der Waals surface area contributed by atoms with Gasteiger partial charge in [0.25, 0.3) is 0 Å². The number of thiophene rings is 1. The monoisotopic (exact) mass is 212 g/mol. The topological polar surface area (TPSA) is 9.23 Å². The van der Waals surface area contributed by atoms with Crippen molar-refractivity contribution in [1.29, 1.82) is 0 Å². The molecule has 0 aliphatic carbocycles. The number of hydrogen-bond donors (Lipinski definition) is 0. The van der Waals surface area contributed by atoms with Crippen LogP contribution in [0.1, 0.15) is 5.56 Å². The van der Waals surface area contributed by atoms with Crippen LogP contribution in [-0.2, 0) is 0 Å². The van der Waals surface area contributed by atoms with E-state index in [-0.39, 0.29) is 0 Å². The quantitative estimate of drug-likeness (QED) is 0.697. The van der Waals surface area contributed by atoms with E-state index in [2.05, 4.69) is 6.07 Å². The van der Waals surface area contributed by atoms with Gasteiger partial charge in [0.2, 0.25) is 0 Å². The van der Waals surface area contributed by atoms with E-state index in [1.807, 2.05) is 19.1 Å². The normalized spacial score (nSPS) is 10.7. The van der Waals surface area contributed by atoms with E-state index in [1.165, 1.54) is 5.56 Å². The molecule has 0 saturated heterocycles. The largest absolute Gasteiger partial charge is 0.487 e. The van der Waals surface area contributed by atoms with Crippen LogP contribution < -0.4 is 4.74 Å². The van der Waals surface area contributed by atoms with Crippen LogP contribution in [0.3, 0.4) is 0 Å².